The normalized spacial score (nSPS) is 11.5. The van der Waals surface area contributed by atoms with Crippen molar-refractivity contribution >= 4 is 49.4 Å². The van der Waals surface area contributed by atoms with Crippen molar-refractivity contribution in [2.45, 2.75) is 20.0 Å². The third kappa shape index (κ3) is 3.59. The standard InChI is InChI=1S/C21H18BrN7O2/c1-13-25-21-24-11-16-17(29(21)26-13)5-8-28(20(16)31)12-19(30)23-6-9-27-7-4-14-2-3-15(22)10-18(14)27/h2-5,7-8,10-11H,6,9,12H2,1H3,(H,23,30). The monoisotopic (exact) mass is 479 g/mol. The van der Waals surface area contributed by atoms with E-state index in [1.165, 1.54) is 15.3 Å². The van der Waals surface area contributed by atoms with Crippen LogP contribution in [0.4, 0.5) is 0 Å². The highest BCUT2D eigenvalue weighted by Gasteiger charge is 2.12. The average molecular weight is 480 g/mol. The topological polar surface area (TPSA) is 99.1 Å². The fourth-order valence-electron chi connectivity index (χ4n) is 3.66. The summed E-state index contributed by atoms with van der Waals surface area (Å²) in [6.07, 6.45) is 5.07. The number of aromatic nitrogens is 6. The van der Waals surface area contributed by atoms with Crippen LogP contribution < -0.4 is 10.9 Å². The number of amides is 1. The Bertz CT molecular complexity index is 1520. The summed E-state index contributed by atoms with van der Waals surface area (Å²) in [4.78, 5) is 33.7. The van der Waals surface area contributed by atoms with Gasteiger partial charge in [0.05, 0.1) is 10.9 Å². The predicted molar refractivity (Wildman–Crippen MR) is 120 cm³/mol. The maximum Gasteiger partial charge on any atom is 0.262 e. The Hall–Kier alpha value is -3.53. The molecule has 0 unspecified atom stereocenters. The van der Waals surface area contributed by atoms with Crippen molar-refractivity contribution in [1.82, 2.24) is 34.0 Å². The summed E-state index contributed by atoms with van der Waals surface area (Å²) in [5.74, 6) is 0.778. The van der Waals surface area contributed by atoms with Crippen LogP contribution in [0.15, 0.2) is 58.2 Å². The van der Waals surface area contributed by atoms with Crippen molar-refractivity contribution in [2.24, 2.45) is 0 Å². The number of carbonyl (C=O) groups is 1. The van der Waals surface area contributed by atoms with E-state index in [1.54, 1.807) is 19.2 Å². The van der Waals surface area contributed by atoms with Gasteiger partial charge in [0.25, 0.3) is 11.3 Å². The second kappa shape index (κ2) is 7.62. The van der Waals surface area contributed by atoms with E-state index in [9.17, 15) is 9.59 Å². The second-order valence-corrected chi connectivity index (χ2v) is 8.15. The Kier molecular flexibility index (Phi) is 4.78. The van der Waals surface area contributed by atoms with Gasteiger partial charge in [0, 0.05) is 41.7 Å². The summed E-state index contributed by atoms with van der Waals surface area (Å²) in [5, 5.41) is 8.69. The lowest BCUT2D eigenvalue weighted by Gasteiger charge is -2.10. The first kappa shape index (κ1) is 19.4. The molecule has 1 aromatic carbocycles. The Balaban J connectivity index is 1.29. The molecule has 0 spiro atoms. The van der Waals surface area contributed by atoms with Crippen LogP contribution in [0.25, 0.3) is 27.6 Å². The molecule has 0 saturated heterocycles. The van der Waals surface area contributed by atoms with Gasteiger partial charge in [-0.2, -0.15) is 9.50 Å². The highest BCUT2D eigenvalue weighted by Crippen LogP contribution is 2.20. The molecule has 10 heteroatoms. The zero-order valence-corrected chi connectivity index (χ0v) is 18.2. The van der Waals surface area contributed by atoms with Crippen LogP contribution in [-0.4, -0.2) is 41.2 Å². The lowest BCUT2D eigenvalue weighted by atomic mass is 10.2. The molecule has 1 amide bonds. The lowest BCUT2D eigenvalue weighted by molar-refractivity contribution is -0.121. The van der Waals surface area contributed by atoms with Crippen molar-refractivity contribution in [3.05, 3.63) is 69.6 Å². The van der Waals surface area contributed by atoms with E-state index in [0.29, 0.717) is 35.6 Å². The van der Waals surface area contributed by atoms with Crippen molar-refractivity contribution in [2.75, 3.05) is 6.54 Å². The molecule has 31 heavy (non-hydrogen) atoms. The molecule has 0 saturated carbocycles. The molecule has 0 aliphatic carbocycles. The number of hydrogen-bond acceptors (Lipinski definition) is 5. The van der Waals surface area contributed by atoms with E-state index in [4.69, 9.17) is 0 Å². The van der Waals surface area contributed by atoms with Gasteiger partial charge in [0.1, 0.15) is 12.4 Å². The van der Waals surface area contributed by atoms with Gasteiger partial charge in [0.15, 0.2) is 0 Å². The molecule has 5 aromatic rings. The maximum atomic E-state index is 12.8. The number of nitrogens with zero attached hydrogens (tertiary/aromatic N) is 6. The molecule has 0 bridgehead atoms. The minimum atomic E-state index is -0.295. The summed E-state index contributed by atoms with van der Waals surface area (Å²) in [6.45, 7) is 2.78. The Morgan fingerprint density at radius 2 is 1.97 bits per heavy atom. The molecule has 1 N–H and O–H groups in total. The number of benzene rings is 1. The summed E-state index contributed by atoms with van der Waals surface area (Å²) in [7, 11) is 0. The van der Waals surface area contributed by atoms with Crippen molar-refractivity contribution < 1.29 is 4.79 Å². The first-order valence-corrected chi connectivity index (χ1v) is 10.5. The Morgan fingerprint density at radius 1 is 1.13 bits per heavy atom. The highest BCUT2D eigenvalue weighted by molar-refractivity contribution is 9.10. The first-order chi connectivity index (χ1) is 15.0. The fraction of sp³-hybridized carbons (Fsp3) is 0.190. The van der Waals surface area contributed by atoms with E-state index in [1.807, 2.05) is 30.5 Å². The van der Waals surface area contributed by atoms with Gasteiger partial charge in [0.2, 0.25) is 5.91 Å². The molecule has 9 nitrogen and oxygen atoms in total. The smallest absolute Gasteiger partial charge is 0.262 e. The molecule has 0 radical (unpaired) electrons. The summed E-state index contributed by atoms with van der Waals surface area (Å²) in [6, 6.07) is 9.88. The molecule has 5 rings (SSSR count). The number of halogens is 1. The van der Waals surface area contributed by atoms with E-state index in [0.717, 1.165) is 15.4 Å². The SMILES string of the molecule is Cc1nc2ncc3c(=O)n(CC(=O)NCCn4ccc5ccc(Br)cc54)ccc3n2n1. The van der Waals surface area contributed by atoms with E-state index in [-0.39, 0.29) is 18.0 Å². The Labute approximate surface area is 184 Å². The number of pyridine rings is 1. The zero-order chi connectivity index (χ0) is 21.5. The van der Waals surface area contributed by atoms with Crippen molar-refractivity contribution in [1.29, 1.82) is 0 Å². The first-order valence-electron chi connectivity index (χ1n) is 9.72. The Morgan fingerprint density at radius 3 is 2.84 bits per heavy atom. The quantitative estimate of drug-likeness (QED) is 0.416. The summed E-state index contributed by atoms with van der Waals surface area (Å²) < 4.78 is 6.00. The number of carbonyl (C=O) groups excluding carboxylic acids is 1. The third-order valence-electron chi connectivity index (χ3n) is 5.14. The van der Waals surface area contributed by atoms with Crippen LogP contribution in [0.5, 0.6) is 0 Å². The van der Waals surface area contributed by atoms with Gasteiger partial charge in [-0.25, -0.2) is 4.98 Å². The third-order valence-corrected chi connectivity index (χ3v) is 5.63. The molecular formula is C21H18BrN7O2. The molecule has 0 aliphatic rings. The molecule has 0 atom stereocenters. The summed E-state index contributed by atoms with van der Waals surface area (Å²) >= 11 is 3.49. The van der Waals surface area contributed by atoms with Gasteiger partial charge < -0.3 is 14.5 Å². The highest BCUT2D eigenvalue weighted by atomic mass is 79.9. The predicted octanol–water partition coefficient (Wildman–Crippen LogP) is 2.28. The maximum absolute atomic E-state index is 12.8. The number of rotatable bonds is 5. The van der Waals surface area contributed by atoms with Crippen LogP contribution >= 0.6 is 15.9 Å². The fourth-order valence-corrected chi connectivity index (χ4v) is 4.01. The molecular weight excluding hydrogens is 462 g/mol. The second-order valence-electron chi connectivity index (χ2n) is 7.24. The minimum Gasteiger partial charge on any atom is -0.353 e. The van der Waals surface area contributed by atoms with Gasteiger partial charge in [-0.15, -0.1) is 5.10 Å². The zero-order valence-electron chi connectivity index (χ0n) is 16.6. The molecule has 156 valence electrons. The van der Waals surface area contributed by atoms with E-state index in [2.05, 4.69) is 40.9 Å². The van der Waals surface area contributed by atoms with Crippen molar-refractivity contribution in [3.8, 4) is 0 Å². The van der Waals surface area contributed by atoms with Crippen LogP contribution in [0.1, 0.15) is 5.82 Å². The van der Waals surface area contributed by atoms with Crippen LogP contribution in [0, 0.1) is 6.92 Å². The number of aryl methyl sites for hydroxylation is 1. The molecule has 0 fully saturated rings. The van der Waals surface area contributed by atoms with Gasteiger partial charge in [-0.1, -0.05) is 22.0 Å². The largest absolute Gasteiger partial charge is 0.353 e. The molecule has 4 aromatic heterocycles. The minimum absolute atomic E-state index is 0.0683. The molecule has 0 aliphatic heterocycles. The van der Waals surface area contributed by atoms with Gasteiger partial charge in [-0.05, 0) is 36.6 Å². The van der Waals surface area contributed by atoms with E-state index >= 15 is 0 Å². The van der Waals surface area contributed by atoms with Gasteiger partial charge in [-0.3, -0.25) is 9.59 Å². The van der Waals surface area contributed by atoms with Crippen LogP contribution in [-0.2, 0) is 17.9 Å². The number of hydrogen-bond donors (Lipinski definition) is 1. The number of fused-ring (bicyclic) bond motifs is 4. The van der Waals surface area contributed by atoms with Gasteiger partial charge >= 0.3 is 0 Å². The van der Waals surface area contributed by atoms with Crippen LogP contribution in [0.2, 0.25) is 0 Å². The number of nitrogens with one attached hydrogen (secondary N) is 1. The molecule has 4 heterocycles. The lowest BCUT2D eigenvalue weighted by Crippen LogP contribution is -2.34. The van der Waals surface area contributed by atoms with Crippen LogP contribution in [0.3, 0.4) is 0 Å². The summed E-state index contributed by atoms with van der Waals surface area (Å²) in [5.41, 5.74) is 1.41. The van der Waals surface area contributed by atoms with Crippen molar-refractivity contribution in [3.63, 3.8) is 0 Å². The van der Waals surface area contributed by atoms with E-state index < -0.39 is 0 Å². The average Bonchev–Trinajstić information content (AvgIpc) is 3.32.